The highest BCUT2D eigenvalue weighted by Gasteiger charge is 2.22. The van der Waals surface area contributed by atoms with Crippen LogP contribution < -0.4 is 14.2 Å². The van der Waals surface area contributed by atoms with Crippen molar-refractivity contribution in [1.82, 2.24) is 4.98 Å². The number of hydrogen-bond donors (Lipinski definition) is 1. The van der Waals surface area contributed by atoms with E-state index in [1.54, 1.807) is 26.5 Å². The van der Waals surface area contributed by atoms with E-state index in [1.807, 2.05) is 26.1 Å². The first-order valence-electron chi connectivity index (χ1n) is 13.1. The van der Waals surface area contributed by atoms with E-state index in [9.17, 15) is 9.90 Å². The number of rotatable bonds is 17. The van der Waals surface area contributed by atoms with Crippen LogP contribution in [0, 0.1) is 13.8 Å². The van der Waals surface area contributed by atoms with Gasteiger partial charge in [-0.2, -0.15) is 0 Å². The van der Waals surface area contributed by atoms with Crippen molar-refractivity contribution in [3.8, 4) is 17.2 Å². The van der Waals surface area contributed by atoms with Gasteiger partial charge in [-0.25, -0.2) is 4.79 Å². The maximum absolute atomic E-state index is 12.1. The Balaban J connectivity index is 2.19. The zero-order valence-corrected chi connectivity index (χ0v) is 22.7. The Kier molecular flexibility index (Phi) is 12.9. The van der Waals surface area contributed by atoms with Crippen LogP contribution in [0.25, 0.3) is 6.08 Å². The molecule has 0 unspecified atom stereocenters. The number of carboxylic acid groups (broad SMARTS) is 1. The van der Waals surface area contributed by atoms with Gasteiger partial charge >= 0.3 is 5.97 Å². The zero-order chi connectivity index (χ0) is 26.3. The minimum Gasteiger partial charge on any atom is -0.496 e. The second kappa shape index (κ2) is 15.9. The number of aliphatic carboxylic acids is 1. The Bertz CT molecular complexity index is 985. The molecule has 1 heterocycles. The highest BCUT2D eigenvalue weighted by molar-refractivity contribution is 5.93. The van der Waals surface area contributed by atoms with Crippen LogP contribution in [0.2, 0.25) is 0 Å². The van der Waals surface area contributed by atoms with E-state index in [0.29, 0.717) is 41.4 Å². The summed E-state index contributed by atoms with van der Waals surface area (Å²) < 4.78 is 17.7. The van der Waals surface area contributed by atoms with E-state index in [-0.39, 0.29) is 0 Å². The van der Waals surface area contributed by atoms with Gasteiger partial charge < -0.3 is 19.3 Å². The molecule has 0 saturated carbocycles. The number of unbranched alkanes of at least 4 members (excludes halogenated alkanes) is 6. The van der Waals surface area contributed by atoms with Gasteiger partial charge in [0.25, 0.3) is 0 Å². The first-order chi connectivity index (χ1) is 17.4. The molecule has 0 aliphatic carbocycles. The summed E-state index contributed by atoms with van der Waals surface area (Å²) in [5.74, 6) is 0.975. The van der Waals surface area contributed by atoms with Crippen molar-refractivity contribution in [3.63, 3.8) is 0 Å². The third-order valence-electron chi connectivity index (χ3n) is 6.51. The normalized spacial score (nSPS) is 11.4. The summed E-state index contributed by atoms with van der Waals surface area (Å²) in [6, 6.07) is 4.01. The predicted molar refractivity (Wildman–Crippen MR) is 145 cm³/mol. The zero-order valence-electron chi connectivity index (χ0n) is 22.7. The molecule has 6 nitrogen and oxygen atoms in total. The number of ether oxygens (including phenoxy) is 3. The number of aryl methyl sites for hydroxylation is 1. The summed E-state index contributed by atoms with van der Waals surface area (Å²) in [4.78, 5) is 16.3. The standard InChI is InChI=1S/C30H43NO5/c1-6-7-8-9-13-19-36-28-23(3)27(34-4)22(2)26(29(28)35-5)20-25(30(32)33)17-12-10-11-15-24-16-14-18-31-21-24/h14,16,18,20-21H,6-13,15,17,19H2,1-5H3,(H,32,33)/b25-20+. The van der Waals surface area contributed by atoms with Crippen LogP contribution in [0.5, 0.6) is 17.2 Å². The monoisotopic (exact) mass is 497 g/mol. The molecule has 36 heavy (non-hydrogen) atoms. The summed E-state index contributed by atoms with van der Waals surface area (Å²) in [6.45, 7) is 6.67. The topological polar surface area (TPSA) is 77.9 Å². The van der Waals surface area contributed by atoms with Gasteiger partial charge in [0.2, 0.25) is 0 Å². The SMILES string of the molecule is CCCCCCCOc1c(C)c(OC)c(C)c(/C=C(\CCCCCc2cccnc2)C(=O)O)c1OC. The van der Waals surface area contributed by atoms with Gasteiger partial charge in [-0.1, -0.05) is 45.1 Å². The number of hydrogen-bond acceptors (Lipinski definition) is 5. The molecule has 0 radical (unpaired) electrons. The summed E-state index contributed by atoms with van der Waals surface area (Å²) in [5.41, 5.74) is 3.97. The molecule has 2 rings (SSSR count). The van der Waals surface area contributed by atoms with Crippen molar-refractivity contribution in [2.45, 2.75) is 85.0 Å². The quantitative estimate of drug-likeness (QED) is 0.182. The lowest BCUT2D eigenvalue weighted by atomic mass is 9.97. The van der Waals surface area contributed by atoms with Crippen molar-refractivity contribution in [1.29, 1.82) is 0 Å². The Labute approximate surface area is 216 Å². The third-order valence-corrected chi connectivity index (χ3v) is 6.51. The lowest BCUT2D eigenvalue weighted by Gasteiger charge is -2.21. The predicted octanol–water partition coefficient (Wildman–Crippen LogP) is 7.34. The molecule has 0 spiro atoms. The van der Waals surface area contributed by atoms with Crippen LogP contribution in [0.1, 0.15) is 87.0 Å². The molecular weight excluding hydrogens is 454 g/mol. The van der Waals surface area contributed by atoms with Crippen molar-refractivity contribution in [2.24, 2.45) is 0 Å². The van der Waals surface area contributed by atoms with E-state index in [4.69, 9.17) is 14.2 Å². The molecule has 0 saturated heterocycles. The van der Waals surface area contributed by atoms with Gasteiger partial charge in [0.15, 0.2) is 11.5 Å². The smallest absolute Gasteiger partial charge is 0.331 e. The van der Waals surface area contributed by atoms with Crippen LogP contribution in [0.15, 0.2) is 30.1 Å². The van der Waals surface area contributed by atoms with Gasteiger partial charge in [0, 0.05) is 34.7 Å². The van der Waals surface area contributed by atoms with E-state index >= 15 is 0 Å². The van der Waals surface area contributed by atoms with Gasteiger partial charge in [0.1, 0.15) is 5.75 Å². The van der Waals surface area contributed by atoms with Gasteiger partial charge in [-0.15, -0.1) is 0 Å². The Morgan fingerprint density at radius 2 is 1.67 bits per heavy atom. The van der Waals surface area contributed by atoms with E-state index < -0.39 is 5.97 Å². The van der Waals surface area contributed by atoms with Gasteiger partial charge in [-0.3, -0.25) is 4.98 Å². The van der Waals surface area contributed by atoms with Gasteiger partial charge in [-0.05, 0) is 63.7 Å². The highest BCUT2D eigenvalue weighted by atomic mass is 16.5. The number of carboxylic acids is 1. The average Bonchev–Trinajstić information content (AvgIpc) is 2.87. The lowest BCUT2D eigenvalue weighted by molar-refractivity contribution is -0.132. The molecule has 0 amide bonds. The van der Waals surface area contributed by atoms with Crippen molar-refractivity contribution >= 4 is 12.0 Å². The summed E-state index contributed by atoms with van der Waals surface area (Å²) in [7, 11) is 3.23. The Hall–Kier alpha value is -3.02. The fourth-order valence-corrected chi connectivity index (χ4v) is 4.49. The molecule has 6 heteroatoms. The average molecular weight is 498 g/mol. The number of benzene rings is 1. The van der Waals surface area contributed by atoms with Crippen LogP contribution in [-0.4, -0.2) is 36.9 Å². The Morgan fingerprint density at radius 1 is 0.944 bits per heavy atom. The molecule has 0 bridgehead atoms. The van der Waals surface area contributed by atoms with E-state index in [1.165, 1.54) is 24.8 Å². The number of nitrogens with zero attached hydrogens (tertiary/aromatic N) is 1. The van der Waals surface area contributed by atoms with Crippen molar-refractivity contribution < 1.29 is 24.1 Å². The lowest BCUT2D eigenvalue weighted by Crippen LogP contribution is -2.07. The molecule has 1 aromatic carbocycles. The molecule has 1 aromatic heterocycles. The second-order valence-corrected chi connectivity index (χ2v) is 9.22. The molecule has 198 valence electrons. The molecule has 0 aliphatic rings. The Morgan fingerprint density at radius 3 is 2.31 bits per heavy atom. The third kappa shape index (κ3) is 8.58. The molecule has 1 N–H and O–H groups in total. The fourth-order valence-electron chi connectivity index (χ4n) is 4.49. The second-order valence-electron chi connectivity index (χ2n) is 9.22. The largest absolute Gasteiger partial charge is 0.496 e. The first-order valence-corrected chi connectivity index (χ1v) is 13.1. The maximum atomic E-state index is 12.1. The first kappa shape index (κ1) is 29.2. The minimum atomic E-state index is -0.915. The van der Waals surface area contributed by atoms with Gasteiger partial charge in [0.05, 0.1) is 20.8 Å². The fraction of sp³-hybridized carbons (Fsp3) is 0.533. The maximum Gasteiger partial charge on any atom is 0.331 e. The van der Waals surface area contributed by atoms with Crippen molar-refractivity contribution in [3.05, 3.63) is 52.4 Å². The minimum absolute atomic E-state index is 0.356. The van der Waals surface area contributed by atoms with Crippen LogP contribution >= 0.6 is 0 Å². The molecule has 0 atom stereocenters. The van der Waals surface area contributed by atoms with Crippen LogP contribution in [0.4, 0.5) is 0 Å². The van der Waals surface area contributed by atoms with E-state index in [0.717, 1.165) is 49.7 Å². The highest BCUT2D eigenvalue weighted by Crippen LogP contribution is 2.44. The molecule has 0 aliphatic heterocycles. The molecule has 2 aromatic rings. The van der Waals surface area contributed by atoms with Crippen molar-refractivity contribution in [2.75, 3.05) is 20.8 Å². The summed E-state index contributed by atoms with van der Waals surface area (Å²) >= 11 is 0. The summed E-state index contributed by atoms with van der Waals surface area (Å²) in [6.07, 6.45) is 15.3. The number of methoxy groups -OCH3 is 2. The number of pyridine rings is 1. The summed E-state index contributed by atoms with van der Waals surface area (Å²) in [5, 5.41) is 9.94. The van der Waals surface area contributed by atoms with Crippen LogP contribution in [0.3, 0.4) is 0 Å². The molecule has 0 fully saturated rings. The number of aromatic nitrogens is 1. The van der Waals surface area contributed by atoms with E-state index in [2.05, 4.69) is 18.0 Å². The number of carbonyl (C=O) groups is 1. The molecular formula is C30H43NO5. The van der Waals surface area contributed by atoms with Crippen LogP contribution in [-0.2, 0) is 11.2 Å².